The molecule has 0 radical (unpaired) electrons. The molecule has 0 unspecified atom stereocenters. The van der Waals surface area contributed by atoms with Gasteiger partial charge in [0, 0.05) is 0 Å². The minimum Gasteiger partial charge on any atom is -0.0625 e. The summed E-state index contributed by atoms with van der Waals surface area (Å²) in [5.74, 6) is 6.34. The van der Waals surface area contributed by atoms with Gasteiger partial charge in [-0.25, -0.2) is 0 Å². The van der Waals surface area contributed by atoms with E-state index >= 15 is 0 Å². The average molecular weight is 381 g/mol. The molecule has 0 aliphatic heterocycles. The van der Waals surface area contributed by atoms with E-state index in [1.54, 1.807) is 44.1 Å². The van der Waals surface area contributed by atoms with Gasteiger partial charge in [0.15, 0.2) is 0 Å². The zero-order chi connectivity index (χ0) is 19.3. The van der Waals surface area contributed by atoms with Crippen LogP contribution in [0.15, 0.2) is 24.3 Å². The molecule has 3 saturated carbocycles. The van der Waals surface area contributed by atoms with E-state index in [2.05, 4.69) is 38.1 Å². The van der Waals surface area contributed by atoms with Crippen LogP contribution in [0.25, 0.3) is 0 Å². The molecule has 28 heavy (non-hydrogen) atoms. The molecule has 1 aromatic carbocycles. The summed E-state index contributed by atoms with van der Waals surface area (Å²) in [5, 5.41) is 0. The highest BCUT2D eigenvalue weighted by atomic mass is 14.4. The van der Waals surface area contributed by atoms with Gasteiger partial charge in [-0.15, -0.1) is 0 Å². The fourth-order valence-electron chi connectivity index (χ4n) is 6.92. The largest absolute Gasteiger partial charge is 0.0625 e. The Kier molecular flexibility index (Phi) is 7.18. The van der Waals surface area contributed by atoms with Crippen molar-refractivity contribution in [2.45, 2.75) is 104 Å². The Balaban J connectivity index is 1.15. The molecule has 0 heterocycles. The third-order valence-corrected chi connectivity index (χ3v) is 9.06. The van der Waals surface area contributed by atoms with E-state index in [0.29, 0.717) is 0 Å². The fourth-order valence-corrected chi connectivity index (χ4v) is 6.92. The molecule has 0 bridgehead atoms. The van der Waals surface area contributed by atoms with Gasteiger partial charge in [0.25, 0.3) is 0 Å². The Morgan fingerprint density at radius 2 is 1.04 bits per heavy atom. The van der Waals surface area contributed by atoms with Crippen LogP contribution in [-0.2, 0) is 6.42 Å². The van der Waals surface area contributed by atoms with E-state index in [1.165, 1.54) is 56.9 Å². The van der Waals surface area contributed by atoms with E-state index in [-0.39, 0.29) is 0 Å². The average Bonchev–Trinajstić information content (AvgIpc) is 2.74. The summed E-state index contributed by atoms with van der Waals surface area (Å²) in [6, 6.07) is 9.23. The molecule has 3 aliphatic rings. The lowest BCUT2D eigenvalue weighted by Crippen LogP contribution is -2.29. The molecule has 156 valence electrons. The van der Waals surface area contributed by atoms with Crippen molar-refractivity contribution < 1.29 is 0 Å². The van der Waals surface area contributed by atoms with Crippen LogP contribution in [0, 0.1) is 42.4 Å². The Hall–Kier alpha value is -0.780. The molecule has 0 spiro atoms. The van der Waals surface area contributed by atoms with Crippen molar-refractivity contribution in [1.82, 2.24) is 0 Å². The fraction of sp³-hybridized carbons (Fsp3) is 0.786. The minimum absolute atomic E-state index is 0.998. The second kappa shape index (κ2) is 9.82. The van der Waals surface area contributed by atoms with Crippen LogP contribution in [-0.4, -0.2) is 0 Å². The van der Waals surface area contributed by atoms with Gasteiger partial charge in [-0.05, 0) is 112 Å². The van der Waals surface area contributed by atoms with E-state index in [9.17, 15) is 0 Å². The van der Waals surface area contributed by atoms with Crippen molar-refractivity contribution >= 4 is 0 Å². The third kappa shape index (κ3) is 5.43. The van der Waals surface area contributed by atoms with Crippen molar-refractivity contribution in [3.8, 4) is 0 Å². The summed E-state index contributed by atoms with van der Waals surface area (Å²) in [6.07, 6.45) is 21.2. The summed E-state index contributed by atoms with van der Waals surface area (Å²) in [7, 11) is 0. The molecule has 0 heteroatoms. The molecule has 0 saturated heterocycles. The maximum Gasteiger partial charge on any atom is -0.0276 e. The lowest BCUT2D eigenvalue weighted by Gasteiger charge is -2.41. The van der Waals surface area contributed by atoms with Crippen molar-refractivity contribution in [2.24, 2.45) is 35.5 Å². The van der Waals surface area contributed by atoms with Crippen LogP contribution in [0.5, 0.6) is 0 Å². The molecule has 0 N–H and O–H groups in total. The van der Waals surface area contributed by atoms with Crippen LogP contribution in [0.4, 0.5) is 0 Å². The van der Waals surface area contributed by atoms with Crippen LogP contribution in [0.2, 0.25) is 0 Å². The number of hydrogen-bond acceptors (Lipinski definition) is 0. The predicted octanol–water partition coefficient (Wildman–Crippen LogP) is 8.37. The van der Waals surface area contributed by atoms with Crippen molar-refractivity contribution in [2.75, 3.05) is 0 Å². The summed E-state index contributed by atoms with van der Waals surface area (Å²) in [4.78, 5) is 0. The molecule has 1 aromatic rings. The first-order valence-corrected chi connectivity index (χ1v) is 12.7. The van der Waals surface area contributed by atoms with Gasteiger partial charge in [-0.3, -0.25) is 0 Å². The Labute approximate surface area is 174 Å². The smallest absolute Gasteiger partial charge is 0.0276 e. The Bertz CT molecular complexity index is 561. The van der Waals surface area contributed by atoms with Crippen LogP contribution in [0.3, 0.4) is 0 Å². The summed E-state index contributed by atoms with van der Waals surface area (Å²) in [6.45, 7) is 4.65. The first kappa shape index (κ1) is 20.5. The third-order valence-electron chi connectivity index (χ3n) is 9.06. The Morgan fingerprint density at radius 3 is 1.54 bits per heavy atom. The monoisotopic (exact) mass is 380 g/mol. The van der Waals surface area contributed by atoms with Crippen LogP contribution in [0.1, 0.15) is 102 Å². The lowest BCUT2D eigenvalue weighted by molar-refractivity contribution is 0.105. The van der Waals surface area contributed by atoms with Gasteiger partial charge < -0.3 is 0 Å². The van der Waals surface area contributed by atoms with Gasteiger partial charge in [-0.2, -0.15) is 0 Å². The van der Waals surface area contributed by atoms with Gasteiger partial charge in [0.2, 0.25) is 0 Å². The van der Waals surface area contributed by atoms with Gasteiger partial charge >= 0.3 is 0 Å². The number of aryl methyl sites for hydroxylation is 2. The van der Waals surface area contributed by atoms with Gasteiger partial charge in [-0.1, -0.05) is 62.4 Å². The summed E-state index contributed by atoms with van der Waals surface area (Å²) >= 11 is 0. The predicted molar refractivity (Wildman–Crippen MR) is 122 cm³/mol. The van der Waals surface area contributed by atoms with E-state index in [0.717, 1.165) is 35.5 Å². The SMILES string of the molecule is Cc1ccc(CCC2CCC(C3CCC(C4CCC(C)CC4)CC3)CC2)cc1. The van der Waals surface area contributed by atoms with Crippen molar-refractivity contribution in [3.05, 3.63) is 35.4 Å². The molecular weight excluding hydrogens is 336 g/mol. The standard InChI is InChI=1S/C28H44/c1-21-3-7-23(8-4-21)9-10-24-11-15-26(16-12-24)28-19-17-27(18-20-28)25-13-5-22(2)6-14-25/h3-4,7-8,22,24-28H,5-6,9-20H2,1-2H3. The second-order valence-corrected chi connectivity index (χ2v) is 11.0. The van der Waals surface area contributed by atoms with Gasteiger partial charge in [0.1, 0.15) is 0 Å². The van der Waals surface area contributed by atoms with E-state index in [4.69, 9.17) is 0 Å². The maximum absolute atomic E-state index is 2.46. The first-order valence-electron chi connectivity index (χ1n) is 12.7. The zero-order valence-corrected chi connectivity index (χ0v) is 18.7. The number of rotatable bonds is 5. The normalized spacial score (nSPS) is 36.9. The second-order valence-electron chi connectivity index (χ2n) is 11.0. The molecule has 0 aromatic heterocycles. The number of hydrogen-bond donors (Lipinski definition) is 0. The van der Waals surface area contributed by atoms with E-state index in [1.807, 2.05) is 0 Å². The molecule has 3 fully saturated rings. The topological polar surface area (TPSA) is 0 Å². The highest BCUT2D eigenvalue weighted by molar-refractivity contribution is 5.21. The molecular formula is C28H44. The highest BCUT2D eigenvalue weighted by Gasteiger charge is 2.34. The molecule has 3 aliphatic carbocycles. The molecule has 4 rings (SSSR count). The quantitative estimate of drug-likeness (QED) is 0.481. The van der Waals surface area contributed by atoms with Gasteiger partial charge in [0.05, 0.1) is 0 Å². The summed E-state index contributed by atoms with van der Waals surface area (Å²) < 4.78 is 0. The van der Waals surface area contributed by atoms with Crippen LogP contribution >= 0.6 is 0 Å². The number of benzene rings is 1. The zero-order valence-electron chi connectivity index (χ0n) is 18.7. The van der Waals surface area contributed by atoms with E-state index < -0.39 is 0 Å². The Morgan fingerprint density at radius 1 is 0.607 bits per heavy atom. The van der Waals surface area contributed by atoms with Crippen molar-refractivity contribution in [1.29, 1.82) is 0 Å². The minimum atomic E-state index is 0.998. The van der Waals surface area contributed by atoms with Crippen LogP contribution < -0.4 is 0 Å². The lowest BCUT2D eigenvalue weighted by atomic mass is 9.65. The maximum atomic E-state index is 2.46. The summed E-state index contributed by atoms with van der Waals surface area (Å²) in [5.41, 5.74) is 2.93. The first-order chi connectivity index (χ1) is 13.7. The highest BCUT2D eigenvalue weighted by Crippen LogP contribution is 2.46. The van der Waals surface area contributed by atoms with Crippen molar-refractivity contribution in [3.63, 3.8) is 0 Å². The molecule has 0 nitrogen and oxygen atoms in total. The molecule has 0 atom stereocenters. The molecule has 0 amide bonds.